The molecular weight excluding hydrogens is 438 g/mol. The molecule has 35 heavy (non-hydrogen) atoms. The molecule has 1 aromatic heterocycles. The first-order valence-electron chi connectivity index (χ1n) is 12.7. The highest BCUT2D eigenvalue weighted by molar-refractivity contribution is 5.79. The highest BCUT2D eigenvalue weighted by Gasteiger charge is 2.31. The Hall–Kier alpha value is -3.41. The predicted octanol–water partition coefficient (Wildman–Crippen LogP) is 4.85. The number of rotatable bonds is 8. The Labute approximate surface area is 207 Å². The number of carbonyl (C=O) groups excluding carboxylic acids is 1. The van der Waals surface area contributed by atoms with Crippen molar-refractivity contribution >= 4 is 11.6 Å². The minimum absolute atomic E-state index is 0.0962. The number of hydrogen-bond donors (Lipinski definition) is 1. The number of anilines is 1. The number of aromatic amines is 1. The molecule has 3 aromatic rings. The van der Waals surface area contributed by atoms with Gasteiger partial charge in [0.2, 0.25) is 5.91 Å². The second kappa shape index (κ2) is 10.9. The Morgan fingerprint density at radius 3 is 2.57 bits per heavy atom. The van der Waals surface area contributed by atoms with Gasteiger partial charge in [0.1, 0.15) is 0 Å². The lowest BCUT2D eigenvalue weighted by Crippen LogP contribution is -2.56. The van der Waals surface area contributed by atoms with Gasteiger partial charge < -0.3 is 24.3 Å². The number of ether oxygens (including phenoxy) is 2. The van der Waals surface area contributed by atoms with Crippen molar-refractivity contribution in [2.24, 2.45) is 0 Å². The third-order valence-electron chi connectivity index (χ3n) is 7.24. The molecule has 2 heterocycles. The summed E-state index contributed by atoms with van der Waals surface area (Å²) in [5.74, 6) is 1.79. The number of benzene rings is 2. The lowest BCUT2D eigenvalue weighted by Gasteiger charge is -2.43. The quantitative estimate of drug-likeness (QED) is 0.508. The molecule has 1 atom stereocenters. The topological polar surface area (TPSA) is 57.8 Å². The van der Waals surface area contributed by atoms with Crippen LogP contribution in [0.2, 0.25) is 0 Å². The average molecular weight is 474 g/mol. The second-order valence-electron chi connectivity index (χ2n) is 9.63. The molecule has 5 rings (SSSR count). The maximum absolute atomic E-state index is 13.3. The number of H-pyrrole nitrogens is 1. The van der Waals surface area contributed by atoms with E-state index in [9.17, 15) is 4.79 Å². The number of nitrogens with zero attached hydrogens (tertiary/aromatic N) is 2. The molecule has 1 amide bonds. The third-order valence-corrected chi connectivity index (χ3v) is 7.24. The zero-order valence-corrected chi connectivity index (χ0v) is 20.5. The molecule has 1 saturated heterocycles. The molecule has 1 saturated carbocycles. The molecule has 184 valence electrons. The van der Waals surface area contributed by atoms with Crippen LogP contribution in [0.4, 0.5) is 5.69 Å². The molecule has 0 spiro atoms. The van der Waals surface area contributed by atoms with Gasteiger partial charge in [0.25, 0.3) is 0 Å². The van der Waals surface area contributed by atoms with Gasteiger partial charge in [0.05, 0.1) is 25.7 Å². The van der Waals surface area contributed by atoms with Crippen LogP contribution in [0, 0.1) is 0 Å². The van der Waals surface area contributed by atoms with E-state index in [1.54, 1.807) is 7.11 Å². The molecule has 1 N–H and O–H groups in total. The number of hydrogen-bond acceptors (Lipinski definition) is 4. The number of methoxy groups -OCH3 is 1. The predicted molar refractivity (Wildman–Crippen MR) is 138 cm³/mol. The van der Waals surface area contributed by atoms with Crippen LogP contribution in [0.25, 0.3) is 0 Å². The number of aromatic nitrogens is 1. The summed E-state index contributed by atoms with van der Waals surface area (Å²) in [6, 6.07) is 18.8. The van der Waals surface area contributed by atoms with Crippen LogP contribution in [-0.4, -0.2) is 54.7 Å². The van der Waals surface area contributed by atoms with Crippen molar-refractivity contribution in [2.75, 3.05) is 31.6 Å². The van der Waals surface area contributed by atoms with Crippen LogP contribution >= 0.6 is 0 Å². The van der Waals surface area contributed by atoms with E-state index in [0.717, 1.165) is 55.1 Å². The second-order valence-corrected chi connectivity index (χ2v) is 9.63. The van der Waals surface area contributed by atoms with Gasteiger partial charge in [-0.2, -0.15) is 0 Å². The SMILES string of the molecule is COc1ccc(N2CCN(C(=O)Cc3cc[nH]c3)C(Cc3ccccc3)C2)cc1OC1CCCC1. The van der Waals surface area contributed by atoms with E-state index in [-0.39, 0.29) is 18.1 Å². The lowest BCUT2D eigenvalue weighted by atomic mass is 10.0. The summed E-state index contributed by atoms with van der Waals surface area (Å²) in [6.45, 7) is 2.27. The van der Waals surface area contributed by atoms with Crippen LogP contribution in [-0.2, 0) is 17.6 Å². The van der Waals surface area contributed by atoms with Crippen molar-refractivity contribution in [1.82, 2.24) is 9.88 Å². The maximum atomic E-state index is 13.3. The van der Waals surface area contributed by atoms with Gasteiger partial charge >= 0.3 is 0 Å². The van der Waals surface area contributed by atoms with Crippen molar-refractivity contribution in [3.05, 3.63) is 78.1 Å². The molecule has 1 unspecified atom stereocenters. The monoisotopic (exact) mass is 473 g/mol. The molecule has 2 aliphatic rings. The third kappa shape index (κ3) is 5.64. The van der Waals surface area contributed by atoms with Crippen LogP contribution in [0.1, 0.15) is 36.8 Å². The molecule has 2 aromatic carbocycles. The van der Waals surface area contributed by atoms with Gasteiger partial charge in [0, 0.05) is 43.8 Å². The Kier molecular flexibility index (Phi) is 7.26. The van der Waals surface area contributed by atoms with E-state index < -0.39 is 0 Å². The van der Waals surface area contributed by atoms with E-state index in [2.05, 4.69) is 51.2 Å². The molecule has 0 radical (unpaired) electrons. The number of piperazine rings is 1. The van der Waals surface area contributed by atoms with E-state index in [0.29, 0.717) is 13.0 Å². The summed E-state index contributed by atoms with van der Waals surface area (Å²) in [5, 5.41) is 0. The number of nitrogens with one attached hydrogen (secondary N) is 1. The minimum Gasteiger partial charge on any atom is -0.493 e. The zero-order valence-electron chi connectivity index (χ0n) is 20.5. The van der Waals surface area contributed by atoms with E-state index in [4.69, 9.17) is 9.47 Å². The average Bonchev–Trinajstić information content (AvgIpc) is 3.59. The van der Waals surface area contributed by atoms with Crippen LogP contribution < -0.4 is 14.4 Å². The van der Waals surface area contributed by atoms with Crippen LogP contribution in [0.3, 0.4) is 0 Å². The first kappa shape index (κ1) is 23.3. The fourth-order valence-corrected chi connectivity index (χ4v) is 5.36. The highest BCUT2D eigenvalue weighted by Crippen LogP contribution is 2.36. The zero-order chi connectivity index (χ0) is 24.0. The summed E-state index contributed by atoms with van der Waals surface area (Å²) < 4.78 is 11.9. The molecule has 6 heteroatoms. The molecule has 1 aliphatic carbocycles. The standard InChI is InChI=1S/C29H35N3O3/c1-34-27-12-11-24(19-28(27)35-26-9-5-6-10-26)31-15-16-32(29(33)18-23-13-14-30-20-23)25(21-31)17-22-7-3-2-4-8-22/h2-4,7-8,11-14,19-20,25-26,30H,5-6,9-10,15-18,21H2,1H3. The summed E-state index contributed by atoms with van der Waals surface area (Å²) in [6.07, 6.45) is 9.98. The molecule has 6 nitrogen and oxygen atoms in total. The van der Waals surface area contributed by atoms with Crippen molar-refractivity contribution in [3.8, 4) is 11.5 Å². The Bertz CT molecular complexity index is 1090. The van der Waals surface area contributed by atoms with Gasteiger partial charge in [-0.05, 0) is 61.4 Å². The van der Waals surface area contributed by atoms with Crippen molar-refractivity contribution in [2.45, 2.75) is 50.7 Å². The van der Waals surface area contributed by atoms with E-state index in [1.165, 1.54) is 18.4 Å². The van der Waals surface area contributed by atoms with Gasteiger partial charge in [-0.3, -0.25) is 4.79 Å². The molecular formula is C29H35N3O3. The van der Waals surface area contributed by atoms with E-state index in [1.807, 2.05) is 30.6 Å². The first-order valence-corrected chi connectivity index (χ1v) is 12.7. The number of amides is 1. The van der Waals surface area contributed by atoms with Crippen molar-refractivity contribution in [1.29, 1.82) is 0 Å². The molecule has 0 bridgehead atoms. The fourth-order valence-electron chi connectivity index (χ4n) is 5.36. The van der Waals surface area contributed by atoms with Crippen molar-refractivity contribution < 1.29 is 14.3 Å². The van der Waals surface area contributed by atoms with Crippen LogP contribution in [0.15, 0.2) is 67.0 Å². The van der Waals surface area contributed by atoms with Gasteiger partial charge in [-0.25, -0.2) is 0 Å². The highest BCUT2D eigenvalue weighted by atomic mass is 16.5. The molecule has 2 fully saturated rings. The van der Waals surface area contributed by atoms with Gasteiger partial charge in [-0.1, -0.05) is 30.3 Å². The molecule has 1 aliphatic heterocycles. The minimum atomic E-state index is 0.0962. The normalized spacial score (nSPS) is 18.6. The van der Waals surface area contributed by atoms with E-state index >= 15 is 0 Å². The Balaban J connectivity index is 1.35. The number of carbonyl (C=O) groups is 1. The summed E-state index contributed by atoms with van der Waals surface area (Å²) in [5.41, 5.74) is 3.40. The summed E-state index contributed by atoms with van der Waals surface area (Å²) in [4.78, 5) is 20.8. The summed E-state index contributed by atoms with van der Waals surface area (Å²) in [7, 11) is 1.70. The Morgan fingerprint density at radius 1 is 1.00 bits per heavy atom. The van der Waals surface area contributed by atoms with Gasteiger partial charge in [-0.15, -0.1) is 0 Å². The van der Waals surface area contributed by atoms with Crippen LogP contribution in [0.5, 0.6) is 11.5 Å². The van der Waals surface area contributed by atoms with Gasteiger partial charge in [0.15, 0.2) is 11.5 Å². The Morgan fingerprint density at radius 2 is 1.83 bits per heavy atom. The lowest BCUT2D eigenvalue weighted by molar-refractivity contribution is -0.133. The first-order chi connectivity index (χ1) is 17.2. The fraction of sp³-hybridized carbons (Fsp3) is 0.414. The summed E-state index contributed by atoms with van der Waals surface area (Å²) >= 11 is 0. The maximum Gasteiger partial charge on any atom is 0.227 e. The smallest absolute Gasteiger partial charge is 0.227 e. The van der Waals surface area contributed by atoms with Crippen molar-refractivity contribution in [3.63, 3.8) is 0 Å². The largest absolute Gasteiger partial charge is 0.493 e.